The number of H-pyrrole nitrogens is 1. The van der Waals surface area contributed by atoms with Gasteiger partial charge in [-0.1, -0.05) is 57.9 Å². The summed E-state index contributed by atoms with van der Waals surface area (Å²) >= 11 is 8.96. The average molecular weight is 568 g/mol. The lowest BCUT2D eigenvalue weighted by atomic mass is 9.81. The molecule has 5 nitrogen and oxygen atoms in total. The highest BCUT2D eigenvalue weighted by atomic mass is 79.9. The van der Waals surface area contributed by atoms with Gasteiger partial charge in [-0.25, -0.2) is 9.97 Å². The monoisotopic (exact) mass is 566 g/mol. The highest BCUT2D eigenvalue weighted by Crippen LogP contribution is 2.42. The van der Waals surface area contributed by atoms with E-state index in [1.807, 2.05) is 55.5 Å². The van der Waals surface area contributed by atoms with Crippen LogP contribution in [0.1, 0.15) is 46.2 Å². The zero-order chi connectivity index (χ0) is 25.7. The Morgan fingerprint density at radius 3 is 2.46 bits per heavy atom. The van der Waals surface area contributed by atoms with Gasteiger partial charge in [0.1, 0.15) is 5.82 Å². The van der Waals surface area contributed by atoms with Crippen LogP contribution < -0.4 is 5.56 Å². The van der Waals surface area contributed by atoms with E-state index in [1.54, 1.807) is 4.57 Å². The molecule has 0 radical (unpaired) electrons. The van der Waals surface area contributed by atoms with Crippen LogP contribution in [0.5, 0.6) is 0 Å². The fourth-order valence-electron chi connectivity index (χ4n) is 5.13. The van der Waals surface area contributed by atoms with Gasteiger partial charge in [-0.05, 0) is 86.1 Å². The Bertz CT molecular complexity index is 1820. The second-order valence-corrected chi connectivity index (χ2v) is 10.7. The van der Waals surface area contributed by atoms with Crippen LogP contribution in [0.25, 0.3) is 28.2 Å². The van der Waals surface area contributed by atoms with Crippen molar-refractivity contribution in [2.75, 3.05) is 0 Å². The zero-order valence-electron chi connectivity index (χ0n) is 20.3. The summed E-state index contributed by atoms with van der Waals surface area (Å²) in [6, 6.07) is 23.8. The number of allylic oxidation sites excluding steroid dienone is 1. The lowest BCUT2D eigenvalue weighted by Gasteiger charge is -2.28. The minimum Gasteiger partial charge on any atom is -0.334 e. The Kier molecular flexibility index (Phi) is 5.97. The first kappa shape index (κ1) is 23.7. The number of halogens is 1. The molecule has 2 aromatic heterocycles. The Balaban J connectivity index is 1.66. The van der Waals surface area contributed by atoms with Gasteiger partial charge in [0.25, 0.3) is 5.56 Å². The number of nitrogens with zero attached hydrogens (tertiary/aromatic N) is 3. The van der Waals surface area contributed by atoms with Crippen molar-refractivity contribution in [1.82, 2.24) is 19.5 Å². The topological polar surface area (TPSA) is 63.6 Å². The third-order valence-electron chi connectivity index (χ3n) is 6.90. The predicted octanol–water partition coefficient (Wildman–Crippen LogP) is 7.29. The minimum absolute atomic E-state index is 0.0922. The third-order valence-corrected chi connectivity index (χ3v) is 7.62. The quantitative estimate of drug-likeness (QED) is 0.233. The average Bonchev–Trinajstić information content (AvgIpc) is 2.89. The molecule has 1 unspecified atom stereocenters. The molecule has 0 spiro atoms. The standard InChI is InChI=1S/C30H23BrN4OS/c1-17-7-9-19(10-8-17)20-15-24(27-18(2)32-30(37)34-26(27)16-20)28-33-25-6-4-3-5-23(25)29(36)35(28)22-13-11-21(31)12-14-22/h3-14,16,24H,15H2,1-2H3,(H,32,34,37). The lowest BCUT2D eigenvalue weighted by Crippen LogP contribution is -2.28. The summed E-state index contributed by atoms with van der Waals surface area (Å²) in [5.41, 5.74) is 7.58. The Morgan fingerprint density at radius 1 is 0.973 bits per heavy atom. The Morgan fingerprint density at radius 2 is 1.70 bits per heavy atom. The second-order valence-electron chi connectivity index (χ2n) is 9.36. The van der Waals surface area contributed by atoms with Gasteiger partial charge >= 0.3 is 0 Å². The first-order valence-electron chi connectivity index (χ1n) is 12.0. The molecule has 2 heterocycles. The number of aryl methyl sites for hydroxylation is 2. The largest absolute Gasteiger partial charge is 0.334 e. The van der Waals surface area contributed by atoms with Crippen LogP contribution in [0.2, 0.25) is 0 Å². The van der Waals surface area contributed by atoms with Crippen molar-refractivity contribution in [3.8, 4) is 5.69 Å². The molecular weight excluding hydrogens is 544 g/mol. The van der Waals surface area contributed by atoms with Crippen molar-refractivity contribution >= 4 is 50.7 Å². The maximum absolute atomic E-state index is 14.0. The van der Waals surface area contributed by atoms with E-state index in [4.69, 9.17) is 22.2 Å². The minimum atomic E-state index is -0.211. The van der Waals surface area contributed by atoms with Gasteiger partial charge in [-0.3, -0.25) is 9.36 Å². The van der Waals surface area contributed by atoms with Gasteiger partial charge < -0.3 is 4.98 Å². The number of hydrogen-bond donors (Lipinski definition) is 1. The van der Waals surface area contributed by atoms with Gasteiger partial charge in [-0.2, -0.15) is 0 Å². The number of rotatable bonds is 3. The molecule has 3 aromatic carbocycles. The van der Waals surface area contributed by atoms with Gasteiger partial charge in [0, 0.05) is 15.7 Å². The SMILES string of the molecule is Cc1ccc(C2=Cc3nc(=S)[nH]c(C)c3C(c3nc4ccccc4c(=O)n3-c3ccc(Br)cc3)C2)cc1. The number of fused-ring (bicyclic) bond motifs is 2. The molecule has 37 heavy (non-hydrogen) atoms. The van der Waals surface area contributed by atoms with E-state index in [1.165, 1.54) is 5.56 Å². The van der Waals surface area contributed by atoms with Crippen molar-refractivity contribution in [2.24, 2.45) is 0 Å². The molecule has 5 aromatic rings. The molecule has 1 atom stereocenters. The summed E-state index contributed by atoms with van der Waals surface area (Å²) in [7, 11) is 0. The van der Waals surface area contributed by atoms with Crippen molar-refractivity contribution in [3.05, 3.63) is 126 Å². The number of aromatic amines is 1. The maximum Gasteiger partial charge on any atom is 0.265 e. The molecule has 7 heteroatoms. The normalized spacial score (nSPS) is 14.9. The van der Waals surface area contributed by atoms with Gasteiger partial charge in [0.2, 0.25) is 0 Å². The van der Waals surface area contributed by atoms with E-state index in [0.717, 1.165) is 38.2 Å². The molecule has 0 aliphatic heterocycles. The number of aromatic nitrogens is 4. The van der Waals surface area contributed by atoms with Crippen LogP contribution in [-0.2, 0) is 0 Å². The van der Waals surface area contributed by atoms with Crippen LogP contribution >= 0.6 is 28.1 Å². The fraction of sp³-hybridized carbons (Fsp3) is 0.133. The molecule has 6 rings (SSSR count). The second kappa shape index (κ2) is 9.32. The van der Waals surface area contributed by atoms with Gasteiger partial charge in [-0.15, -0.1) is 0 Å². The molecule has 0 saturated carbocycles. The third kappa shape index (κ3) is 4.28. The molecule has 1 aliphatic rings. The first-order valence-corrected chi connectivity index (χ1v) is 13.3. The Hall–Kier alpha value is -3.68. The van der Waals surface area contributed by atoms with Crippen LogP contribution in [0.4, 0.5) is 0 Å². The highest BCUT2D eigenvalue weighted by molar-refractivity contribution is 9.10. The summed E-state index contributed by atoms with van der Waals surface area (Å²) in [4.78, 5) is 27.0. The van der Waals surface area contributed by atoms with Crippen LogP contribution in [0.15, 0.2) is 82.1 Å². The van der Waals surface area contributed by atoms with E-state index in [0.29, 0.717) is 27.9 Å². The highest BCUT2D eigenvalue weighted by Gasteiger charge is 2.31. The summed E-state index contributed by atoms with van der Waals surface area (Å²) in [6.07, 6.45) is 2.79. The summed E-state index contributed by atoms with van der Waals surface area (Å²) < 4.78 is 3.13. The lowest BCUT2D eigenvalue weighted by molar-refractivity contribution is 0.696. The summed E-state index contributed by atoms with van der Waals surface area (Å²) in [5, 5.41) is 0.585. The molecule has 0 saturated heterocycles. The van der Waals surface area contributed by atoms with Crippen molar-refractivity contribution < 1.29 is 0 Å². The number of nitrogens with one attached hydrogen (secondary N) is 1. The van der Waals surface area contributed by atoms with E-state index in [2.05, 4.69) is 58.2 Å². The van der Waals surface area contributed by atoms with Gasteiger partial charge in [0.15, 0.2) is 4.77 Å². The van der Waals surface area contributed by atoms with Crippen molar-refractivity contribution in [3.63, 3.8) is 0 Å². The van der Waals surface area contributed by atoms with E-state index >= 15 is 0 Å². The van der Waals surface area contributed by atoms with E-state index in [9.17, 15) is 4.79 Å². The number of benzene rings is 3. The smallest absolute Gasteiger partial charge is 0.265 e. The van der Waals surface area contributed by atoms with E-state index < -0.39 is 0 Å². The molecule has 182 valence electrons. The zero-order valence-corrected chi connectivity index (χ0v) is 22.7. The Labute approximate surface area is 227 Å². The molecule has 0 fully saturated rings. The van der Waals surface area contributed by atoms with Crippen molar-refractivity contribution in [2.45, 2.75) is 26.2 Å². The van der Waals surface area contributed by atoms with Crippen LogP contribution in [0, 0.1) is 18.6 Å². The first-order chi connectivity index (χ1) is 17.9. The fourth-order valence-corrected chi connectivity index (χ4v) is 5.64. The predicted molar refractivity (Wildman–Crippen MR) is 155 cm³/mol. The summed E-state index contributed by atoms with van der Waals surface area (Å²) in [6.45, 7) is 4.09. The molecule has 0 bridgehead atoms. The number of hydrogen-bond acceptors (Lipinski definition) is 4. The molecule has 1 N–H and O–H groups in total. The van der Waals surface area contributed by atoms with Gasteiger partial charge in [0.05, 0.1) is 28.2 Å². The molecule has 0 amide bonds. The number of para-hydroxylation sites is 1. The summed E-state index contributed by atoms with van der Waals surface area (Å²) in [5.74, 6) is 0.469. The van der Waals surface area contributed by atoms with Crippen molar-refractivity contribution in [1.29, 1.82) is 0 Å². The molecule has 1 aliphatic carbocycles. The van der Waals surface area contributed by atoms with Crippen LogP contribution in [0.3, 0.4) is 0 Å². The van der Waals surface area contributed by atoms with E-state index in [-0.39, 0.29) is 11.5 Å². The molecular formula is C30H23BrN4OS. The van der Waals surface area contributed by atoms with Crippen LogP contribution in [-0.4, -0.2) is 19.5 Å². The maximum atomic E-state index is 14.0.